The molecule has 0 unspecified atom stereocenters. The number of carbonyl (C=O) groups is 3. The molecule has 0 saturated heterocycles. The van der Waals surface area contributed by atoms with Crippen molar-refractivity contribution in [3.8, 4) is 0 Å². The number of phosphoric ester groups is 1. The third-order valence-electron chi connectivity index (χ3n) is 9.57. The van der Waals surface area contributed by atoms with Crippen LogP contribution in [0.2, 0.25) is 0 Å². The average Bonchev–Trinajstić information content (AvgIpc) is 3.18. The van der Waals surface area contributed by atoms with Crippen LogP contribution in [0.4, 0.5) is 0 Å². The van der Waals surface area contributed by atoms with Gasteiger partial charge in [0.25, 0.3) is 0 Å². The molecular formula is C43H85N2O10P. The average molecular weight is 821 g/mol. The minimum Gasteiger partial charge on any atom is -0.466 e. The SMILES string of the molecule is CCCCCCCCOC(=O)CCN(CCCOP(=O)(OCC)OCC)CCCN(CCC(=O)OCCCCCCCC)CCC(=O)OCCCCCCCC. The Morgan fingerprint density at radius 1 is 0.375 bits per heavy atom. The second-order valence-electron chi connectivity index (χ2n) is 14.7. The van der Waals surface area contributed by atoms with Crippen molar-refractivity contribution in [1.82, 2.24) is 9.80 Å². The lowest BCUT2D eigenvalue weighted by Crippen LogP contribution is -2.34. The molecule has 0 N–H and O–H groups in total. The molecule has 0 fully saturated rings. The van der Waals surface area contributed by atoms with Gasteiger partial charge in [-0.1, -0.05) is 117 Å². The molecule has 0 saturated carbocycles. The highest BCUT2D eigenvalue weighted by atomic mass is 31.2. The molecule has 332 valence electrons. The van der Waals surface area contributed by atoms with E-state index in [4.69, 9.17) is 27.8 Å². The Morgan fingerprint density at radius 2 is 0.696 bits per heavy atom. The fourth-order valence-electron chi connectivity index (χ4n) is 6.25. The van der Waals surface area contributed by atoms with Crippen LogP contribution in [0, 0.1) is 0 Å². The summed E-state index contributed by atoms with van der Waals surface area (Å²) >= 11 is 0. The summed E-state index contributed by atoms with van der Waals surface area (Å²) in [6.07, 6.45) is 22.5. The maximum absolute atomic E-state index is 12.8. The highest BCUT2D eigenvalue weighted by Crippen LogP contribution is 2.49. The van der Waals surface area contributed by atoms with Gasteiger partial charge in [0.1, 0.15) is 0 Å². The smallest absolute Gasteiger partial charge is 0.466 e. The van der Waals surface area contributed by atoms with E-state index in [1.165, 1.54) is 77.0 Å². The van der Waals surface area contributed by atoms with Gasteiger partial charge >= 0.3 is 25.7 Å². The zero-order valence-electron chi connectivity index (χ0n) is 36.7. The standard InChI is InChI=1S/C43H85N2O10P/c1-6-11-14-17-20-23-37-50-41(46)28-34-44(33-27-40-55-56(49,53-9-4)54-10-5)31-26-32-45(35-29-42(47)51-38-24-21-18-15-12-7-2)36-30-43(48)52-39-25-22-19-16-13-8-3/h6-40H2,1-5H3. The number of carbonyl (C=O) groups excluding carboxylic acids is 3. The summed E-state index contributed by atoms with van der Waals surface area (Å²) < 4.78 is 45.4. The molecule has 13 heteroatoms. The summed E-state index contributed by atoms with van der Waals surface area (Å²) in [5, 5.41) is 0. The van der Waals surface area contributed by atoms with E-state index in [-0.39, 0.29) is 57.0 Å². The Morgan fingerprint density at radius 3 is 1.05 bits per heavy atom. The monoisotopic (exact) mass is 821 g/mol. The van der Waals surface area contributed by atoms with Gasteiger partial charge in [-0.15, -0.1) is 0 Å². The first-order valence-electron chi connectivity index (χ1n) is 22.7. The summed E-state index contributed by atoms with van der Waals surface area (Å²) in [7, 11) is -3.61. The molecule has 0 aliphatic rings. The molecule has 0 amide bonds. The Bertz CT molecular complexity index is 929. The van der Waals surface area contributed by atoms with Crippen LogP contribution in [0.3, 0.4) is 0 Å². The fraction of sp³-hybridized carbons (Fsp3) is 0.930. The van der Waals surface area contributed by atoms with Crippen molar-refractivity contribution in [3.63, 3.8) is 0 Å². The van der Waals surface area contributed by atoms with Gasteiger partial charge in [-0.25, -0.2) is 4.57 Å². The zero-order chi connectivity index (χ0) is 41.4. The largest absolute Gasteiger partial charge is 0.474 e. The van der Waals surface area contributed by atoms with Gasteiger partial charge in [0.15, 0.2) is 0 Å². The summed E-state index contributed by atoms with van der Waals surface area (Å²) in [4.78, 5) is 42.2. The molecule has 0 atom stereocenters. The molecule has 12 nitrogen and oxygen atoms in total. The van der Waals surface area contributed by atoms with Gasteiger partial charge in [-0.3, -0.25) is 28.0 Å². The fourth-order valence-corrected chi connectivity index (χ4v) is 7.46. The minimum absolute atomic E-state index is 0.185. The highest BCUT2D eigenvalue weighted by molar-refractivity contribution is 7.48. The lowest BCUT2D eigenvalue weighted by atomic mass is 10.1. The van der Waals surface area contributed by atoms with Crippen LogP contribution in [0.25, 0.3) is 0 Å². The van der Waals surface area contributed by atoms with E-state index >= 15 is 0 Å². The minimum atomic E-state index is -3.61. The second kappa shape index (κ2) is 40.2. The summed E-state index contributed by atoms with van der Waals surface area (Å²) in [6.45, 7) is 15.5. The van der Waals surface area contributed by atoms with Gasteiger partial charge in [-0.2, -0.15) is 0 Å². The highest BCUT2D eigenvalue weighted by Gasteiger charge is 2.25. The second-order valence-corrected chi connectivity index (χ2v) is 16.4. The van der Waals surface area contributed by atoms with Crippen LogP contribution in [0.15, 0.2) is 0 Å². The van der Waals surface area contributed by atoms with Gasteiger partial charge in [0, 0.05) is 26.2 Å². The van der Waals surface area contributed by atoms with E-state index in [0.29, 0.717) is 65.5 Å². The van der Waals surface area contributed by atoms with Gasteiger partial charge < -0.3 is 24.0 Å². The van der Waals surface area contributed by atoms with Gasteiger partial charge in [0.2, 0.25) is 0 Å². The van der Waals surface area contributed by atoms with Crippen LogP contribution in [0.5, 0.6) is 0 Å². The number of unbranched alkanes of at least 4 members (excludes halogenated alkanes) is 15. The van der Waals surface area contributed by atoms with Gasteiger partial charge in [0.05, 0.1) is 58.9 Å². The van der Waals surface area contributed by atoms with Crippen molar-refractivity contribution in [1.29, 1.82) is 0 Å². The van der Waals surface area contributed by atoms with E-state index < -0.39 is 7.82 Å². The number of ether oxygens (including phenoxy) is 3. The van der Waals surface area contributed by atoms with Crippen molar-refractivity contribution in [2.45, 2.75) is 182 Å². The Kier molecular flexibility index (Phi) is 39.1. The van der Waals surface area contributed by atoms with Crippen LogP contribution in [-0.2, 0) is 46.7 Å². The molecule has 0 bridgehead atoms. The molecule has 0 aromatic rings. The Hall–Kier alpha value is -1.56. The number of hydrogen-bond acceptors (Lipinski definition) is 12. The first-order valence-corrected chi connectivity index (χ1v) is 24.1. The Labute approximate surface area is 342 Å². The van der Waals surface area contributed by atoms with Crippen molar-refractivity contribution in [2.75, 3.05) is 78.9 Å². The number of rotatable bonds is 43. The maximum Gasteiger partial charge on any atom is 0.474 e. The normalized spacial score (nSPS) is 11.8. The third kappa shape index (κ3) is 35.6. The number of esters is 3. The van der Waals surface area contributed by atoms with Crippen molar-refractivity contribution in [3.05, 3.63) is 0 Å². The third-order valence-corrected chi connectivity index (χ3v) is 11.2. The summed E-state index contributed by atoms with van der Waals surface area (Å²) in [5.74, 6) is -0.643. The van der Waals surface area contributed by atoms with Crippen molar-refractivity contribution < 1.29 is 46.7 Å². The van der Waals surface area contributed by atoms with Crippen LogP contribution in [0.1, 0.15) is 182 Å². The first kappa shape index (κ1) is 54.4. The number of phosphoric acid groups is 1. The maximum atomic E-state index is 12.8. The summed E-state index contributed by atoms with van der Waals surface area (Å²) in [5.41, 5.74) is 0. The molecule has 0 spiro atoms. The summed E-state index contributed by atoms with van der Waals surface area (Å²) in [6, 6.07) is 0. The topological polar surface area (TPSA) is 130 Å². The molecule has 0 radical (unpaired) electrons. The van der Waals surface area contributed by atoms with E-state index in [1.54, 1.807) is 13.8 Å². The molecule has 0 rings (SSSR count). The molecule has 0 aromatic carbocycles. The first-order chi connectivity index (χ1) is 27.2. The number of nitrogens with zero attached hydrogens (tertiary/aromatic N) is 2. The predicted octanol–water partition coefficient (Wildman–Crippen LogP) is 10.4. The van der Waals surface area contributed by atoms with Crippen LogP contribution >= 0.6 is 7.82 Å². The Balaban J connectivity index is 5.20. The van der Waals surface area contributed by atoms with E-state index in [1.807, 2.05) is 0 Å². The van der Waals surface area contributed by atoms with E-state index in [2.05, 4.69) is 30.6 Å². The molecule has 56 heavy (non-hydrogen) atoms. The molecule has 0 aromatic heterocycles. The lowest BCUT2D eigenvalue weighted by molar-refractivity contribution is -0.145. The van der Waals surface area contributed by atoms with E-state index in [0.717, 1.165) is 44.9 Å². The van der Waals surface area contributed by atoms with E-state index in [9.17, 15) is 18.9 Å². The van der Waals surface area contributed by atoms with Crippen LogP contribution < -0.4 is 0 Å². The number of hydrogen-bond donors (Lipinski definition) is 0. The molecule has 0 aliphatic carbocycles. The molecule has 0 heterocycles. The van der Waals surface area contributed by atoms with Crippen molar-refractivity contribution >= 4 is 25.7 Å². The van der Waals surface area contributed by atoms with Crippen molar-refractivity contribution in [2.24, 2.45) is 0 Å². The van der Waals surface area contributed by atoms with Gasteiger partial charge in [-0.05, 0) is 59.0 Å². The quantitative estimate of drug-likeness (QED) is 0.0251. The lowest BCUT2D eigenvalue weighted by Gasteiger charge is -2.26. The predicted molar refractivity (Wildman–Crippen MR) is 226 cm³/mol. The molecular weight excluding hydrogens is 735 g/mol. The molecule has 0 aliphatic heterocycles. The van der Waals surface area contributed by atoms with Crippen LogP contribution in [-0.4, -0.2) is 107 Å². The zero-order valence-corrected chi connectivity index (χ0v) is 37.6.